The Morgan fingerprint density at radius 2 is 2.11 bits per heavy atom. The average Bonchev–Trinajstić information content (AvgIpc) is 2.89. The second kappa shape index (κ2) is 5.69. The number of carbonyl (C=O) groups excluding carboxylic acids is 2. The first-order valence-corrected chi connectivity index (χ1v) is 6.89. The van der Waals surface area contributed by atoms with E-state index in [4.69, 9.17) is 0 Å². The van der Waals surface area contributed by atoms with E-state index in [-0.39, 0.29) is 23.8 Å². The molecular weight excluding hydrogens is 230 g/mol. The van der Waals surface area contributed by atoms with E-state index in [1.165, 1.54) is 6.42 Å². The summed E-state index contributed by atoms with van der Waals surface area (Å²) in [6.07, 6.45) is 3.62. The summed E-state index contributed by atoms with van der Waals surface area (Å²) in [6, 6.07) is 1.05. The molecule has 2 aliphatic rings. The van der Waals surface area contributed by atoms with E-state index >= 15 is 0 Å². The van der Waals surface area contributed by atoms with Crippen molar-refractivity contribution in [1.29, 1.82) is 0 Å². The van der Waals surface area contributed by atoms with E-state index in [0.717, 1.165) is 12.8 Å². The predicted molar refractivity (Wildman–Crippen MR) is 69.0 cm³/mol. The normalized spacial score (nSPS) is 29.6. The van der Waals surface area contributed by atoms with Gasteiger partial charge < -0.3 is 16.0 Å². The first-order chi connectivity index (χ1) is 8.56. The average molecular weight is 253 g/mol. The highest BCUT2D eigenvalue weighted by molar-refractivity contribution is 5.81. The molecule has 3 N–H and O–H groups in total. The van der Waals surface area contributed by atoms with Gasteiger partial charge >= 0.3 is 0 Å². The van der Waals surface area contributed by atoms with Gasteiger partial charge in [0.1, 0.15) is 0 Å². The Bertz CT molecular complexity index is 330. The lowest BCUT2D eigenvalue weighted by molar-refractivity contribution is -0.125. The molecule has 3 atom stereocenters. The van der Waals surface area contributed by atoms with Crippen molar-refractivity contribution in [2.75, 3.05) is 6.54 Å². The predicted octanol–water partition coefficient (Wildman–Crippen LogP) is 0.158. The van der Waals surface area contributed by atoms with Crippen LogP contribution in [0.2, 0.25) is 0 Å². The summed E-state index contributed by atoms with van der Waals surface area (Å²) in [5, 5.41) is 9.13. The van der Waals surface area contributed by atoms with Crippen molar-refractivity contribution >= 4 is 11.8 Å². The number of hydrogen-bond donors (Lipinski definition) is 3. The molecule has 2 heterocycles. The molecule has 2 aliphatic heterocycles. The van der Waals surface area contributed by atoms with Crippen LogP contribution in [-0.2, 0) is 9.59 Å². The van der Waals surface area contributed by atoms with Crippen LogP contribution < -0.4 is 16.0 Å². The largest absolute Gasteiger partial charge is 0.355 e. The molecule has 0 saturated carbocycles. The Morgan fingerprint density at radius 3 is 2.67 bits per heavy atom. The highest BCUT2D eigenvalue weighted by Gasteiger charge is 2.42. The summed E-state index contributed by atoms with van der Waals surface area (Å²) in [6.45, 7) is 4.29. The minimum absolute atomic E-state index is 0.00336. The fourth-order valence-corrected chi connectivity index (χ4v) is 2.94. The van der Waals surface area contributed by atoms with Crippen LogP contribution in [0.15, 0.2) is 0 Å². The van der Waals surface area contributed by atoms with E-state index in [2.05, 4.69) is 16.0 Å². The smallest absolute Gasteiger partial charge is 0.224 e. The molecule has 0 aromatic rings. The fourth-order valence-electron chi connectivity index (χ4n) is 2.94. The van der Waals surface area contributed by atoms with Crippen molar-refractivity contribution < 1.29 is 9.59 Å². The first kappa shape index (κ1) is 13.3. The van der Waals surface area contributed by atoms with Crippen LogP contribution in [0.25, 0.3) is 0 Å². The van der Waals surface area contributed by atoms with Crippen molar-refractivity contribution in [2.45, 2.75) is 57.7 Å². The van der Waals surface area contributed by atoms with E-state index < -0.39 is 0 Å². The Kier molecular flexibility index (Phi) is 4.22. The fraction of sp³-hybridized carbons (Fsp3) is 0.846. The third kappa shape index (κ3) is 3.22. The van der Waals surface area contributed by atoms with Gasteiger partial charge in [0.25, 0.3) is 0 Å². The molecule has 2 bridgehead atoms. The second-order valence-electron chi connectivity index (χ2n) is 5.65. The molecule has 3 unspecified atom stereocenters. The Hall–Kier alpha value is -1.10. The van der Waals surface area contributed by atoms with E-state index in [1.807, 2.05) is 13.8 Å². The molecule has 0 aliphatic carbocycles. The monoisotopic (exact) mass is 253 g/mol. The van der Waals surface area contributed by atoms with Crippen LogP contribution in [0.1, 0.15) is 39.5 Å². The van der Waals surface area contributed by atoms with Crippen molar-refractivity contribution in [1.82, 2.24) is 16.0 Å². The second-order valence-corrected chi connectivity index (χ2v) is 5.65. The van der Waals surface area contributed by atoms with Crippen LogP contribution in [0, 0.1) is 5.92 Å². The summed E-state index contributed by atoms with van der Waals surface area (Å²) < 4.78 is 0. The first-order valence-electron chi connectivity index (χ1n) is 6.89. The Labute approximate surface area is 108 Å². The van der Waals surface area contributed by atoms with Gasteiger partial charge in [-0.2, -0.15) is 0 Å². The van der Waals surface area contributed by atoms with Gasteiger partial charge in [-0.3, -0.25) is 9.59 Å². The van der Waals surface area contributed by atoms with Gasteiger partial charge in [-0.05, 0) is 33.1 Å². The zero-order valence-corrected chi connectivity index (χ0v) is 11.2. The standard InChI is InChI=1S/C13H23N3O2/c1-8(2)15-12(17)5-6-14-13(18)10-7-9-3-4-11(10)16-9/h8-11,16H,3-7H2,1-2H3,(H,14,18)(H,15,17). The maximum absolute atomic E-state index is 12.0. The topological polar surface area (TPSA) is 70.2 Å². The Balaban J connectivity index is 1.65. The van der Waals surface area contributed by atoms with E-state index in [9.17, 15) is 9.59 Å². The molecule has 2 saturated heterocycles. The molecule has 102 valence electrons. The van der Waals surface area contributed by atoms with Crippen LogP contribution in [0.4, 0.5) is 0 Å². The molecular formula is C13H23N3O2. The zero-order valence-electron chi connectivity index (χ0n) is 11.2. The van der Waals surface area contributed by atoms with Crippen molar-refractivity contribution in [2.24, 2.45) is 5.92 Å². The molecule has 0 aromatic heterocycles. The molecule has 0 aromatic carbocycles. The van der Waals surface area contributed by atoms with Gasteiger partial charge in [-0.1, -0.05) is 0 Å². The van der Waals surface area contributed by atoms with E-state index in [0.29, 0.717) is 25.0 Å². The lowest BCUT2D eigenvalue weighted by Gasteiger charge is -2.19. The number of nitrogens with one attached hydrogen (secondary N) is 3. The van der Waals surface area contributed by atoms with Gasteiger partial charge in [0.05, 0.1) is 5.92 Å². The highest BCUT2D eigenvalue weighted by atomic mass is 16.2. The summed E-state index contributed by atoms with van der Waals surface area (Å²) in [4.78, 5) is 23.4. The summed E-state index contributed by atoms with van der Waals surface area (Å²) in [5.74, 6) is 0.209. The minimum Gasteiger partial charge on any atom is -0.355 e. The van der Waals surface area contributed by atoms with Gasteiger partial charge in [-0.25, -0.2) is 0 Å². The number of carbonyl (C=O) groups is 2. The molecule has 0 spiro atoms. The molecule has 5 nitrogen and oxygen atoms in total. The van der Waals surface area contributed by atoms with E-state index in [1.54, 1.807) is 0 Å². The SMILES string of the molecule is CC(C)NC(=O)CCNC(=O)C1CC2CCC1N2. The zero-order chi connectivity index (χ0) is 13.1. The molecule has 2 rings (SSSR count). The van der Waals surface area contributed by atoms with Crippen molar-refractivity contribution in [3.63, 3.8) is 0 Å². The number of fused-ring (bicyclic) bond motifs is 2. The summed E-state index contributed by atoms with van der Waals surface area (Å²) in [7, 11) is 0. The van der Waals surface area contributed by atoms with Gasteiger partial charge in [0.15, 0.2) is 0 Å². The molecule has 2 fully saturated rings. The Morgan fingerprint density at radius 1 is 1.33 bits per heavy atom. The third-order valence-corrected chi connectivity index (χ3v) is 3.74. The number of rotatable bonds is 5. The molecule has 2 amide bonds. The maximum atomic E-state index is 12.0. The van der Waals surface area contributed by atoms with Crippen LogP contribution in [-0.4, -0.2) is 36.5 Å². The van der Waals surface area contributed by atoms with Crippen molar-refractivity contribution in [3.05, 3.63) is 0 Å². The van der Waals surface area contributed by atoms with Crippen molar-refractivity contribution in [3.8, 4) is 0 Å². The van der Waals surface area contributed by atoms with Gasteiger partial charge in [0.2, 0.25) is 11.8 Å². The third-order valence-electron chi connectivity index (χ3n) is 3.74. The van der Waals surface area contributed by atoms with Crippen LogP contribution in [0.5, 0.6) is 0 Å². The summed E-state index contributed by atoms with van der Waals surface area (Å²) in [5.41, 5.74) is 0. The highest BCUT2D eigenvalue weighted by Crippen LogP contribution is 2.33. The van der Waals surface area contributed by atoms with Gasteiger partial charge in [-0.15, -0.1) is 0 Å². The van der Waals surface area contributed by atoms with Crippen LogP contribution in [0.3, 0.4) is 0 Å². The molecule has 5 heteroatoms. The number of hydrogen-bond acceptors (Lipinski definition) is 3. The summed E-state index contributed by atoms with van der Waals surface area (Å²) >= 11 is 0. The molecule has 18 heavy (non-hydrogen) atoms. The van der Waals surface area contributed by atoms with Gasteiger partial charge in [0, 0.05) is 31.1 Å². The lowest BCUT2D eigenvalue weighted by atomic mass is 9.88. The lowest BCUT2D eigenvalue weighted by Crippen LogP contribution is -2.39. The van der Waals surface area contributed by atoms with Crippen LogP contribution >= 0.6 is 0 Å². The maximum Gasteiger partial charge on any atom is 0.224 e. The molecule has 0 radical (unpaired) electrons. The number of amides is 2. The quantitative estimate of drug-likeness (QED) is 0.653. The minimum atomic E-state index is -0.00336.